The molecule has 10 N–H and O–H groups in total. The zero-order valence-corrected chi connectivity index (χ0v) is 60.1. The second-order valence-electron chi connectivity index (χ2n) is 28.8. The molecule has 1 saturated carbocycles. The number of unbranched alkanes of at least 4 members (excludes halogenated alkanes) is 1. The van der Waals surface area contributed by atoms with Gasteiger partial charge in [-0.15, -0.1) is 0 Å². The zero-order chi connectivity index (χ0) is 75.8. The van der Waals surface area contributed by atoms with Crippen LogP contribution in [0.2, 0.25) is 0 Å². The topological polar surface area (TPSA) is 426 Å². The Morgan fingerprint density at radius 3 is 1.54 bits per heavy atom. The molecule has 0 spiro atoms. The predicted molar refractivity (Wildman–Crippen MR) is 373 cm³/mol. The third-order valence-electron chi connectivity index (χ3n) is 15.3. The van der Waals surface area contributed by atoms with Gasteiger partial charge in [0.2, 0.25) is 29.5 Å². The van der Waals surface area contributed by atoms with Gasteiger partial charge in [0.25, 0.3) is 5.69 Å². The van der Waals surface area contributed by atoms with Crippen molar-refractivity contribution >= 4 is 93.8 Å². The summed E-state index contributed by atoms with van der Waals surface area (Å²) in [5, 5.41) is 34.1. The van der Waals surface area contributed by atoms with Crippen molar-refractivity contribution in [2.24, 2.45) is 11.1 Å². The van der Waals surface area contributed by atoms with Crippen molar-refractivity contribution in [3.05, 3.63) is 112 Å². The van der Waals surface area contributed by atoms with E-state index in [1.807, 2.05) is 36.4 Å². The lowest BCUT2D eigenvalue weighted by molar-refractivity contribution is -0.384. The van der Waals surface area contributed by atoms with Gasteiger partial charge in [-0.1, -0.05) is 61.0 Å². The van der Waals surface area contributed by atoms with E-state index in [0.29, 0.717) is 17.5 Å². The average molecular weight is 1420 g/mol. The number of benzene rings is 4. The van der Waals surface area contributed by atoms with Crippen LogP contribution in [0.15, 0.2) is 91.0 Å². The van der Waals surface area contributed by atoms with Crippen molar-refractivity contribution in [2.75, 3.05) is 18.4 Å². The Bertz CT molecular complexity index is 3630. The number of nitrogens with zero attached hydrogens (tertiary/aromatic N) is 1. The first-order valence-corrected chi connectivity index (χ1v) is 33.8. The number of rotatable bonds is 34. The number of esters is 4. The van der Waals surface area contributed by atoms with E-state index in [-0.39, 0.29) is 107 Å². The normalized spacial score (nSPS) is 14.2. The summed E-state index contributed by atoms with van der Waals surface area (Å²) < 4.78 is 32.4. The molecule has 9 amide bonds. The van der Waals surface area contributed by atoms with Crippen LogP contribution >= 0.6 is 0 Å². The summed E-state index contributed by atoms with van der Waals surface area (Å²) in [6, 6.07) is 15.3. The number of amides is 9. The van der Waals surface area contributed by atoms with Crippen molar-refractivity contribution in [3.63, 3.8) is 0 Å². The number of fused-ring (bicyclic) bond motifs is 1. The Labute approximate surface area is 592 Å². The van der Waals surface area contributed by atoms with Crippen molar-refractivity contribution in [1.29, 1.82) is 0 Å². The average Bonchev–Trinajstić information content (AvgIpc) is 0.768. The molecule has 0 unspecified atom stereocenters. The molecule has 1 aliphatic carbocycles. The molecular formula is C72H98N10O20. The maximum absolute atomic E-state index is 14.9. The first kappa shape index (κ1) is 82.2. The number of nitro benzene ring substituents is 1. The highest BCUT2D eigenvalue weighted by Gasteiger charge is 2.52. The minimum atomic E-state index is -1.84. The molecular weight excluding hydrogens is 1320 g/mol. The largest absolute Gasteiger partial charge is 0.514 e. The van der Waals surface area contributed by atoms with Crippen molar-refractivity contribution in [1.82, 2.24) is 37.2 Å². The van der Waals surface area contributed by atoms with Crippen LogP contribution in [-0.2, 0) is 79.9 Å². The van der Waals surface area contributed by atoms with E-state index < -0.39 is 141 Å². The summed E-state index contributed by atoms with van der Waals surface area (Å²) in [6.07, 6.45) is -1.55. The summed E-state index contributed by atoms with van der Waals surface area (Å²) in [7, 11) is 0. The van der Waals surface area contributed by atoms with Gasteiger partial charge in [-0.25, -0.2) is 24.0 Å². The van der Waals surface area contributed by atoms with E-state index in [0.717, 1.165) is 22.9 Å². The number of urea groups is 2. The Morgan fingerprint density at radius 1 is 0.520 bits per heavy atom. The molecule has 5 atom stereocenters. The fraction of sp³-hybridized carbons (Fsp3) is 0.528. The van der Waals surface area contributed by atoms with Gasteiger partial charge in [0.15, 0.2) is 0 Å². The van der Waals surface area contributed by atoms with Gasteiger partial charge in [0, 0.05) is 50.2 Å². The molecule has 102 heavy (non-hydrogen) atoms. The van der Waals surface area contributed by atoms with E-state index in [1.165, 1.54) is 36.4 Å². The van der Waals surface area contributed by atoms with Crippen LogP contribution in [0.3, 0.4) is 0 Å². The van der Waals surface area contributed by atoms with E-state index in [4.69, 9.17) is 34.2 Å². The molecule has 0 radical (unpaired) electrons. The number of non-ortho nitro benzene ring substituents is 1. The molecule has 4 aromatic rings. The van der Waals surface area contributed by atoms with Crippen LogP contribution in [0, 0.1) is 15.5 Å². The SMILES string of the molecule is CC(C)(C)OC(=O)CC[C@H](NC(=O)C1(C(=O)N[C@@H](CCCNC(N)=O)C(=O)Nc2ccc(COC(=O)Oc3ccc([N+](=O)[O-])cc3)cc2)CCC1)C(=O)N[C@@H](Cc1ccc2ccccc2c1)C(=O)NCCCC[C@H](NC(=O)N[C@@H](CCC(=O)OC(C)(C)C)C(=O)OC(C)(C)C)C(=O)OC(C)(C)C. The number of carbonyl (C=O) groups is 12. The van der Waals surface area contributed by atoms with Crippen molar-refractivity contribution < 1.29 is 90.9 Å². The number of nitrogens with two attached hydrogens (primary N) is 1. The molecule has 1 fully saturated rings. The molecule has 0 saturated heterocycles. The van der Waals surface area contributed by atoms with Gasteiger partial charge in [-0.2, -0.15) is 0 Å². The maximum atomic E-state index is 14.9. The molecule has 30 nitrogen and oxygen atoms in total. The first-order valence-electron chi connectivity index (χ1n) is 33.8. The molecule has 556 valence electrons. The molecule has 30 heteroatoms. The number of ether oxygens (including phenoxy) is 6. The summed E-state index contributed by atoms with van der Waals surface area (Å²) in [5.74, 6) is -7.00. The summed E-state index contributed by atoms with van der Waals surface area (Å²) in [5.41, 5.74) is 0.901. The fourth-order valence-electron chi connectivity index (χ4n) is 10.4. The van der Waals surface area contributed by atoms with E-state index in [1.54, 1.807) is 89.2 Å². The first-order chi connectivity index (χ1) is 47.7. The minimum absolute atomic E-state index is 0.00932. The molecule has 0 bridgehead atoms. The lowest BCUT2D eigenvalue weighted by Crippen LogP contribution is -2.62. The van der Waals surface area contributed by atoms with Crippen LogP contribution in [0.5, 0.6) is 5.75 Å². The van der Waals surface area contributed by atoms with Crippen LogP contribution in [0.25, 0.3) is 10.8 Å². The molecule has 4 aromatic carbocycles. The summed E-state index contributed by atoms with van der Waals surface area (Å²) in [4.78, 5) is 174. The van der Waals surface area contributed by atoms with E-state index in [2.05, 4.69) is 42.5 Å². The highest BCUT2D eigenvalue weighted by atomic mass is 16.7. The van der Waals surface area contributed by atoms with E-state index >= 15 is 0 Å². The second-order valence-corrected chi connectivity index (χ2v) is 28.8. The standard InChI is InChI=1S/C72H98N10O20/c1-68(2,3)99-56(83)35-33-52(79-64(91)72(37-18-38-72)63(90)78-51(22-17-40-75-65(73)92)59(86)76-48-27-24-44(25-28-48)43-97-67(94)98-50-31-29-49(30-32-50)82(95)96)60(87)77-55(42-45-23-26-46-19-13-14-20-47(46)41-45)58(85)74-39-16-15-21-53(61(88)101-70(7,8)9)80-66(93)81-54(62(89)102-71(10,11)12)34-36-57(84)100-69(4,5)6/h13-14,19-20,23-32,41,51-55H,15-18,21-22,33-40,42-43H2,1-12H3,(H,74,85)(H,76,86)(H,77,87)(H,78,90)(H,79,91)(H3,73,75,92)(H2,80,81,93)/t51-,52-,53-,54-,55-/m0/s1. The lowest BCUT2D eigenvalue weighted by atomic mass is 9.67. The fourth-order valence-corrected chi connectivity index (χ4v) is 10.4. The smallest absolute Gasteiger partial charge is 0.460 e. The van der Waals surface area contributed by atoms with Gasteiger partial charge in [-0.3, -0.25) is 43.7 Å². The second kappa shape index (κ2) is 37.3. The maximum Gasteiger partial charge on any atom is 0.514 e. The van der Waals surface area contributed by atoms with Gasteiger partial charge >= 0.3 is 42.1 Å². The quantitative estimate of drug-likeness (QED) is 0.00407. The number of anilines is 1. The van der Waals surface area contributed by atoms with E-state index in [9.17, 15) is 67.6 Å². The number of hydrogen-bond donors (Lipinski definition) is 9. The van der Waals surface area contributed by atoms with Gasteiger partial charge < -0.3 is 76.7 Å². The molecule has 0 aromatic heterocycles. The van der Waals surface area contributed by atoms with Crippen molar-refractivity contribution in [3.8, 4) is 5.75 Å². The van der Waals surface area contributed by atoms with Crippen LogP contribution in [0.1, 0.15) is 171 Å². The highest BCUT2D eigenvalue weighted by Crippen LogP contribution is 2.42. The number of nitro groups is 1. The lowest BCUT2D eigenvalue weighted by Gasteiger charge is -2.40. The van der Waals surface area contributed by atoms with Crippen LogP contribution < -0.4 is 53.0 Å². The Balaban J connectivity index is 1.33. The monoisotopic (exact) mass is 1420 g/mol. The van der Waals surface area contributed by atoms with Crippen LogP contribution in [0.4, 0.5) is 25.8 Å². The third-order valence-corrected chi connectivity index (χ3v) is 15.3. The number of nitrogens with one attached hydrogen (secondary N) is 8. The Kier molecular flexibility index (Phi) is 30.1. The Hall–Kier alpha value is -10.4. The molecule has 5 rings (SSSR count). The molecule has 1 aliphatic rings. The highest BCUT2D eigenvalue weighted by molar-refractivity contribution is 6.09. The number of carbonyl (C=O) groups excluding carboxylic acids is 12. The van der Waals surface area contributed by atoms with Crippen LogP contribution in [-0.4, -0.2) is 142 Å². The van der Waals surface area contributed by atoms with Crippen molar-refractivity contribution in [2.45, 2.75) is 226 Å². The Morgan fingerprint density at radius 2 is 1.02 bits per heavy atom. The third kappa shape index (κ3) is 29.0. The zero-order valence-electron chi connectivity index (χ0n) is 60.1. The summed E-state index contributed by atoms with van der Waals surface area (Å²) >= 11 is 0. The van der Waals surface area contributed by atoms with Gasteiger partial charge in [-0.05, 0) is 187 Å². The number of hydrogen-bond acceptors (Lipinski definition) is 20. The van der Waals surface area contributed by atoms with Gasteiger partial charge in [0.05, 0.1) is 4.92 Å². The minimum Gasteiger partial charge on any atom is -0.460 e. The number of primary amides is 1. The summed E-state index contributed by atoms with van der Waals surface area (Å²) in [6.45, 7) is 19.6. The molecule has 0 aliphatic heterocycles. The van der Waals surface area contributed by atoms with Gasteiger partial charge in [0.1, 0.15) is 70.4 Å². The molecule has 0 heterocycles. The predicted octanol–water partition coefficient (Wildman–Crippen LogP) is 7.97.